The minimum atomic E-state index is -0.977. The molecule has 6 heteroatoms. The van der Waals surface area contributed by atoms with E-state index in [9.17, 15) is 9.59 Å². The summed E-state index contributed by atoms with van der Waals surface area (Å²) in [6.07, 6.45) is 0. The van der Waals surface area contributed by atoms with Crippen LogP contribution in [0.2, 0.25) is 0 Å². The fourth-order valence-corrected chi connectivity index (χ4v) is 2.69. The molecule has 2 rings (SSSR count). The number of benzene rings is 1. The van der Waals surface area contributed by atoms with Crippen LogP contribution in [0.15, 0.2) is 24.3 Å². The number of rotatable bonds is 3. The van der Waals surface area contributed by atoms with Crippen molar-refractivity contribution in [3.05, 3.63) is 29.8 Å². The Morgan fingerprint density at radius 3 is 2.33 bits per heavy atom. The highest BCUT2D eigenvalue weighted by Gasteiger charge is 2.33. The summed E-state index contributed by atoms with van der Waals surface area (Å²) < 4.78 is 0. The van der Waals surface area contributed by atoms with E-state index in [4.69, 9.17) is 5.11 Å². The number of carboxylic acid groups (broad SMARTS) is 1. The normalized spacial score (nSPS) is 21.6. The van der Waals surface area contributed by atoms with Crippen molar-refractivity contribution >= 4 is 17.7 Å². The van der Waals surface area contributed by atoms with Crippen LogP contribution in [-0.2, 0) is 0 Å². The first-order valence-electron chi connectivity index (χ1n) is 6.94. The Kier molecular flexibility index (Phi) is 4.47. The van der Waals surface area contributed by atoms with Crippen molar-refractivity contribution in [2.45, 2.75) is 13.0 Å². The predicted octanol–water partition coefficient (Wildman–Crippen LogP) is 1.80. The van der Waals surface area contributed by atoms with Gasteiger partial charge in [-0.3, -0.25) is 0 Å². The van der Waals surface area contributed by atoms with Gasteiger partial charge < -0.3 is 20.2 Å². The molecule has 1 aliphatic heterocycles. The van der Waals surface area contributed by atoms with Crippen molar-refractivity contribution in [1.82, 2.24) is 9.80 Å². The van der Waals surface area contributed by atoms with Gasteiger partial charge in [-0.05, 0) is 44.3 Å². The molecule has 114 valence electrons. The van der Waals surface area contributed by atoms with E-state index < -0.39 is 5.97 Å². The highest BCUT2D eigenvalue weighted by Crippen LogP contribution is 2.21. The molecule has 0 radical (unpaired) electrons. The smallest absolute Gasteiger partial charge is 0.335 e. The second kappa shape index (κ2) is 6.13. The number of likely N-dealkylation sites (N-methyl/N-ethyl adjacent to an activating group) is 1. The van der Waals surface area contributed by atoms with Crippen LogP contribution >= 0.6 is 0 Å². The maximum atomic E-state index is 12.2. The molecule has 0 spiro atoms. The summed E-state index contributed by atoms with van der Waals surface area (Å²) in [6.45, 7) is 3.56. The lowest BCUT2D eigenvalue weighted by molar-refractivity contribution is 0.0697. The third-order valence-electron chi connectivity index (χ3n) is 3.91. The van der Waals surface area contributed by atoms with Gasteiger partial charge in [-0.1, -0.05) is 6.92 Å². The van der Waals surface area contributed by atoms with Gasteiger partial charge in [0.15, 0.2) is 0 Å². The van der Waals surface area contributed by atoms with Gasteiger partial charge in [0.2, 0.25) is 0 Å². The van der Waals surface area contributed by atoms with Gasteiger partial charge >= 0.3 is 12.0 Å². The van der Waals surface area contributed by atoms with E-state index in [-0.39, 0.29) is 11.6 Å². The van der Waals surface area contributed by atoms with Crippen LogP contribution in [-0.4, -0.2) is 60.1 Å². The van der Waals surface area contributed by atoms with Crippen LogP contribution in [0.3, 0.4) is 0 Å². The van der Waals surface area contributed by atoms with Crippen LogP contribution in [0.4, 0.5) is 10.5 Å². The highest BCUT2D eigenvalue weighted by molar-refractivity contribution is 5.91. The molecule has 0 aliphatic carbocycles. The standard InChI is InChI=1S/C15H21N3O3/c1-10-8-18(9-13(10)17(2)3)15(21)16-12-6-4-11(5-7-12)14(19)20/h4-7,10,13H,8-9H2,1-3H3,(H,16,21)(H,19,20). The first-order valence-corrected chi connectivity index (χ1v) is 6.94. The number of anilines is 1. The zero-order chi connectivity index (χ0) is 15.6. The van der Waals surface area contributed by atoms with E-state index in [0.29, 0.717) is 24.2 Å². The average Bonchev–Trinajstić information content (AvgIpc) is 2.81. The second-order valence-corrected chi connectivity index (χ2v) is 5.73. The Hall–Kier alpha value is -2.08. The first kappa shape index (κ1) is 15.3. The van der Waals surface area contributed by atoms with Crippen molar-refractivity contribution in [2.24, 2.45) is 5.92 Å². The lowest BCUT2D eigenvalue weighted by atomic mass is 10.1. The molecule has 21 heavy (non-hydrogen) atoms. The molecule has 0 bridgehead atoms. The first-order chi connectivity index (χ1) is 9.88. The number of carbonyl (C=O) groups excluding carboxylic acids is 1. The number of amides is 2. The van der Waals surface area contributed by atoms with Crippen molar-refractivity contribution in [3.63, 3.8) is 0 Å². The largest absolute Gasteiger partial charge is 0.478 e. The van der Waals surface area contributed by atoms with E-state index in [1.54, 1.807) is 17.0 Å². The fraction of sp³-hybridized carbons (Fsp3) is 0.467. The van der Waals surface area contributed by atoms with Gasteiger partial charge in [-0.25, -0.2) is 9.59 Å². The summed E-state index contributed by atoms with van der Waals surface area (Å²) in [5.41, 5.74) is 0.807. The SMILES string of the molecule is CC1CN(C(=O)Nc2ccc(C(=O)O)cc2)CC1N(C)C. The maximum absolute atomic E-state index is 12.2. The molecule has 6 nitrogen and oxygen atoms in total. The molecule has 1 aliphatic rings. The summed E-state index contributed by atoms with van der Waals surface area (Å²) in [6, 6.07) is 6.38. The number of hydrogen-bond donors (Lipinski definition) is 2. The van der Waals surface area contributed by atoms with Crippen molar-refractivity contribution in [1.29, 1.82) is 0 Å². The molecule has 1 saturated heterocycles. The Bertz CT molecular complexity index is 527. The lowest BCUT2D eigenvalue weighted by Crippen LogP contribution is -2.37. The Labute approximate surface area is 124 Å². The van der Waals surface area contributed by atoms with Gasteiger partial charge in [-0.2, -0.15) is 0 Å². The molecule has 1 aromatic rings. The third-order valence-corrected chi connectivity index (χ3v) is 3.91. The molecular formula is C15H21N3O3. The molecule has 2 amide bonds. The molecule has 0 aromatic heterocycles. The van der Waals surface area contributed by atoms with Gasteiger partial charge in [-0.15, -0.1) is 0 Å². The number of carbonyl (C=O) groups is 2. The van der Waals surface area contributed by atoms with Gasteiger partial charge in [0.1, 0.15) is 0 Å². The molecule has 1 heterocycles. The van der Waals surface area contributed by atoms with E-state index in [2.05, 4.69) is 17.1 Å². The van der Waals surface area contributed by atoms with Crippen molar-refractivity contribution in [3.8, 4) is 0 Å². The van der Waals surface area contributed by atoms with Crippen LogP contribution in [0.1, 0.15) is 17.3 Å². The molecule has 2 atom stereocenters. The van der Waals surface area contributed by atoms with Crippen LogP contribution in [0.25, 0.3) is 0 Å². The number of aromatic carboxylic acids is 1. The summed E-state index contributed by atoms with van der Waals surface area (Å²) >= 11 is 0. The minimum absolute atomic E-state index is 0.144. The summed E-state index contributed by atoms with van der Waals surface area (Å²) in [7, 11) is 4.04. The summed E-state index contributed by atoms with van der Waals surface area (Å²) in [4.78, 5) is 26.9. The molecule has 0 saturated carbocycles. The van der Waals surface area contributed by atoms with Gasteiger partial charge in [0, 0.05) is 24.8 Å². The maximum Gasteiger partial charge on any atom is 0.335 e. The minimum Gasteiger partial charge on any atom is -0.478 e. The van der Waals surface area contributed by atoms with E-state index in [0.717, 1.165) is 6.54 Å². The molecule has 1 fully saturated rings. The molecular weight excluding hydrogens is 270 g/mol. The lowest BCUT2D eigenvalue weighted by Gasteiger charge is -2.22. The van der Waals surface area contributed by atoms with Gasteiger partial charge in [0.25, 0.3) is 0 Å². The number of likely N-dealkylation sites (tertiary alicyclic amines) is 1. The number of urea groups is 1. The second-order valence-electron chi connectivity index (χ2n) is 5.73. The number of carboxylic acids is 1. The third kappa shape index (κ3) is 3.52. The van der Waals surface area contributed by atoms with Gasteiger partial charge in [0.05, 0.1) is 5.56 Å². The number of nitrogens with one attached hydrogen (secondary N) is 1. The Balaban J connectivity index is 1.97. The Morgan fingerprint density at radius 1 is 1.24 bits per heavy atom. The molecule has 2 N–H and O–H groups in total. The van der Waals surface area contributed by atoms with E-state index in [1.807, 2.05) is 14.1 Å². The zero-order valence-corrected chi connectivity index (χ0v) is 12.5. The van der Waals surface area contributed by atoms with E-state index in [1.165, 1.54) is 12.1 Å². The number of nitrogens with zero attached hydrogens (tertiary/aromatic N) is 2. The Morgan fingerprint density at radius 2 is 1.86 bits per heavy atom. The van der Waals surface area contributed by atoms with E-state index >= 15 is 0 Å². The van der Waals surface area contributed by atoms with Crippen molar-refractivity contribution in [2.75, 3.05) is 32.5 Å². The number of hydrogen-bond acceptors (Lipinski definition) is 3. The van der Waals surface area contributed by atoms with Crippen molar-refractivity contribution < 1.29 is 14.7 Å². The fourth-order valence-electron chi connectivity index (χ4n) is 2.69. The van der Waals surface area contributed by atoms with Crippen LogP contribution in [0, 0.1) is 5.92 Å². The zero-order valence-electron chi connectivity index (χ0n) is 12.5. The highest BCUT2D eigenvalue weighted by atomic mass is 16.4. The predicted molar refractivity (Wildman–Crippen MR) is 80.6 cm³/mol. The van der Waals surface area contributed by atoms with Crippen LogP contribution in [0.5, 0.6) is 0 Å². The quantitative estimate of drug-likeness (QED) is 0.890. The summed E-state index contributed by atoms with van der Waals surface area (Å²) in [5.74, 6) is -0.546. The van der Waals surface area contributed by atoms with Crippen LogP contribution < -0.4 is 5.32 Å². The summed E-state index contributed by atoms with van der Waals surface area (Å²) in [5, 5.41) is 11.6. The monoisotopic (exact) mass is 291 g/mol. The molecule has 2 unspecified atom stereocenters. The average molecular weight is 291 g/mol. The topological polar surface area (TPSA) is 72.9 Å². The molecule has 1 aromatic carbocycles.